The number of sulfonamides is 1. The number of carbonyl (C=O) groups excluding carboxylic acids is 2. The third-order valence-electron chi connectivity index (χ3n) is 3.56. The Bertz CT molecular complexity index is 1050. The van der Waals surface area contributed by atoms with Crippen molar-refractivity contribution >= 4 is 27.5 Å². The lowest BCUT2D eigenvalue weighted by Gasteiger charge is -2.10. The van der Waals surface area contributed by atoms with Gasteiger partial charge in [-0.25, -0.2) is 8.42 Å². The van der Waals surface area contributed by atoms with Crippen LogP contribution in [-0.2, 0) is 10.0 Å². The highest BCUT2D eigenvalue weighted by molar-refractivity contribution is 7.92. The molecule has 1 heterocycles. The van der Waals surface area contributed by atoms with Crippen molar-refractivity contribution in [1.29, 1.82) is 0 Å². The van der Waals surface area contributed by atoms with E-state index in [2.05, 4.69) is 20.6 Å². The van der Waals surface area contributed by atoms with E-state index in [4.69, 9.17) is 0 Å². The molecule has 1 aromatic heterocycles. The molecule has 3 aromatic rings. The van der Waals surface area contributed by atoms with Gasteiger partial charge in [0, 0.05) is 17.4 Å². The summed E-state index contributed by atoms with van der Waals surface area (Å²) in [5, 5.41) is 0. The summed E-state index contributed by atoms with van der Waals surface area (Å²) >= 11 is 0. The van der Waals surface area contributed by atoms with Gasteiger partial charge in [-0.15, -0.1) is 0 Å². The lowest BCUT2D eigenvalue weighted by molar-refractivity contribution is 0.0844. The topological polar surface area (TPSA) is 120 Å². The number of carbonyl (C=O) groups is 2. The summed E-state index contributed by atoms with van der Waals surface area (Å²) in [6.07, 6.45) is 1.58. The van der Waals surface area contributed by atoms with Crippen LogP contribution < -0.4 is 15.6 Å². The highest BCUT2D eigenvalue weighted by Gasteiger charge is 2.15. The van der Waals surface area contributed by atoms with Gasteiger partial charge in [-0.05, 0) is 42.5 Å². The summed E-state index contributed by atoms with van der Waals surface area (Å²) in [5.74, 6) is -1.09. The molecular formula is C18H16N4O4S. The Morgan fingerprint density at radius 1 is 0.815 bits per heavy atom. The van der Waals surface area contributed by atoms with Gasteiger partial charge in [-0.1, -0.05) is 24.3 Å². The molecule has 0 aliphatic heterocycles. The van der Waals surface area contributed by atoms with Crippen LogP contribution in [0.3, 0.4) is 0 Å². The van der Waals surface area contributed by atoms with Gasteiger partial charge in [-0.3, -0.25) is 25.2 Å². The van der Waals surface area contributed by atoms with Crippen LogP contribution in [0.15, 0.2) is 77.8 Å². The van der Waals surface area contributed by atoms with Crippen LogP contribution in [0.5, 0.6) is 0 Å². The maximum absolute atomic E-state index is 12.4. The summed E-state index contributed by atoms with van der Waals surface area (Å²) in [4.78, 5) is 26.8. The van der Waals surface area contributed by atoms with Crippen molar-refractivity contribution in [2.75, 3.05) is 4.72 Å². The number of H-pyrrole nitrogens is 1. The Morgan fingerprint density at radius 3 is 2.26 bits per heavy atom. The Hall–Kier alpha value is -3.59. The molecule has 0 saturated heterocycles. The zero-order valence-corrected chi connectivity index (χ0v) is 14.8. The van der Waals surface area contributed by atoms with Crippen LogP contribution >= 0.6 is 0 Å². The minimum Gasteiger partial charge on any atom is -0.357 e. The highest BCUT2D eigenvalue weighted by Crippen LogP contribution is 2.17. The molecule has 4 N–H and O–H groups in total. The molecule has 0 unspecified atom stereocenters. The molecule has 0 radical (unpaired) electrons. The molecule has 0 fully saturated rings. The zero-order valence-electron chi connectivity index (χ0n) is 14.0. The predicted octanol–water partition coefficient (Wildman–Crippen LogP) is 1.89. The average Bonchev–Trinajstić information content (AvgIpc) is 3.21. The van der Waals surface area contributed by atoms with Gasteiger partial charge in [0.2, 0.25) is 0 Å². The number of aromatic nitrogens is 1. The van der Waals surface area contributed by atoms with E-state index in [1.165, 1.54) is 36.4 Å². The summed E-state index contributed by atoms with van der Waals surface area (Å²) in [5.41, 5.74) is 5.23. The van der Waals surface area contributed by atoms with Crippen molar-refractivity contribution in [2.45, 2.75) is 4.90 Å². The maximum Gasteiger partial charge on any atom is 0.286 e. The lowest BCUT2D eigenvalue weighted by Crippen LogP contribution is -2.41. The first-order valence-electron chi connectivity index (χ1n) is 7.88. The van der Waals surface area contributed by atoms with E-state index in [9.17, 15) is 18.0 Å². The van der Waals surface area contributed by atoms with Gasteiger partial charge in [0.05, 0.1) is 4.90 Å². The number of hydrogen-bond acceptors (Lipinski definition) is 4. The van der Waals surface area contributed by atoms with Crippen molar-refractivity contribution in [1.82, 2.24) is 15.8 Å². The quantitative estimate of drug-likeness (QED) is 0.502. The molecule has 0 aliphatic carbocycles. The van der Waals surface area contributed by atoms with Crippen LogP contribution in [0.4, 0.5) is 5.69 Å². The van der Waals surface area contributed by atoms with Gasteiger partial charge >= 0.3 is 0 Å². The van der Waals surface area contributed by atoms with Crippen molar-refractivity contribution in [2.24, 2.45) is 0 Å². The van der Waals surface area contributed by atoms with E-state index >= 15 is 0 Å². The minimum atomic E-state index is -3.77. The number of amides is 2. The first-order chi connectivity index (χ1) is 13.0. The number of nitrogens with one attached hydrogen (secondary N) is 4. The molecule has 9 heteroatoms. The molecule has 0 saturated carbocycles. The largest absolute Gasteiger partial charge is 0.357 e. The highest BCUT2D eigenvalue weighted by atomic mass is 32.2. The smallest absolute Gasteiger partial charge is 0.286 e. The van der Waals surface area contributed by atoms with Gasteiger partial charge < -0.3 is 4.98 Å². The third-order valence-corrected chi connectivity index (χ3v) is 4.96. The molecular weight excluding hydrogens is 368 g/mol. The van der Waals surface area contributed by atoms with Crippen LogP contribution in [-0.4, -0.2) is 25.2 Å². The van der Waals surface area contributed by atoms with E-state index in [1.54, 1.807) is 36.5 Å². The number of aromatic amines is 1. The Morgan fingerprint density at radius 2 is 1.56 bits per heavy atom. The monoisotopic (exact) mass is 384 g/mol. The molecule has 27 heavy (non-hydrogen) atoms. The number of rotatable bonds is 5. The molecule has 0 atom stereocenters. The number of hydrazine groups is 1. The van der Waals surface area contributed by atoms with E-state index < -0.39 is 21.8 Å². The number of anilines is 1. The van der Waals surface area contributed by atoms with E-state index in [0.717, 1.165) is 0 Å². The summed E-state index contributed by atoms with van der Waals surface area (Å²) in [6, 6.07) is 17.0. The first kappa shape index (κ1) is 18.2. The SMILES string of the molecule is O=C(NNC(=O)c1ccc[nH]1)c1cccc(NS(=O)(=O)c2ccccc2)c1. The molecule has 138 valence electrons. The maximum atomic E-state index is 12.4. The molecule has 0 aliphatic rings. The zero-order chi connectivity index (χ0) is 19.3. The molecule has 2 aromatic carbocycles. The van der Waals surface area contributed by atoms with Crippen molar-refractivity contribution in [3.8, 4) is 0 Å². The molecule has 0 spiro atoms. The Labute approximate surface area is 155 Å². The van der Waals surface area contributed by atoms with Crippen LogP contribution in [0, 0.1) is 0 Å². The van der Waals surface area contributed by atoms with Crippen LogP contribution in [0.2, 0.25) is 0 Å². The summed E-state index contributed by atoms with van der Waals surface area (Å²) in [6.45, 7) is 0. The first-order valence-corrected chi connectivity index (χ1v) is 9.36. The molecule has 0 bridgehead atoms. The van der Waals surface area contributed by atoms with Gasteiger partial charge in [-0.2, -0.15) is 0 Å². The lowest BCUT2D eigenvalue weighted by atomic mass is 10.2. The van der Waals surface area contributed by atoms with E-state index in [0.29, 0.717) is 5.69 Å². The Kier molecular flexibility index (Phi) is 5.23. The standard InChI is InChI=1S/C18H16N4O4S/c23-17(20-21-18(24)16-10-5-11-19-16)13-6-4-7-14(12-13)22-27(25,26)15-8-2-1-3-9-15/h1-12,19,22H,(H,20,23)(H,21,24). The second-order valence-electron chi connectivity index (χ2n) is 5.49. The van der Waals surface area contributed by atoms with Crippen molar-refractivity contribution in [3.05, 3.63) is 84.2 Å². The fourth-order valence-electron chi connectivity index (χ4n) is 2.26. The average molecular weight is 384 g/mol. The van der Waals surface area contributed by atoms with Gasteiger partial charge in [0.1, 0.15) is 5.69 Å². The molecule has 3 rings (SSSR count). The van der Waals surface area contributed by atoms with Crippen LogP contribution in [0.1, 0.15) is 20.8 Å². The van der Waals surface area contributed by atoms with Crippen LogP contribution in [0.25, 0.3) is 0 Å². The minimum absolute atomic E-state index is 0.109. The fraction of sp³-hybridized carbons (Fsp3) is 0. The third kappa shape index (κ3) is 4.53. The number of benzene rings is 2. The predicted molar refractivity (Wildman–Crippen MR) is 99.4 cm³/mol. The Balaban J connectivity index is 1.68. The van der Waals surface area contributed by atoms with Gasteiger partial charge in [0.25, 0.3) is 21.8 Å². The van der Waals surface area contributed by atoms with E-state index in [-0.39, 0.29) is 16.1 Å². The summed E-state index contributed by atoms with van der Waals surface area (Å²) < 4.78 is 27.1. The van der Waals surface area contributed by atoms with Crippen molar-refractivity contribution in [3.63, 3.8) is 0 Å². The van der Waals surface area contributed by atoms with Crippen molar-refractivity contribution < 1.29 is 18.0 Å². The molecule has 2 amide bonds. The van der Waals surface area contributed by atoms with E-state index in [1.807, 2.05) is 0 Å². The second kappa shape index (κ2) is 7.75. The van der Waals surface area contributed by atoms with Gasteiger partial charge in [0.15, 0.2) is 0 Å². The second-order valence-corrected chi connectivity index (χ2v) is 7.17. The molecule has 8 nitrogen and oxygen atoms in total. The normalized spacial score (nSPS) is 10.8. The fourth-order valence-corrected chi connectivity index (χ4v) is 3.33. The number of hydrogen-bond donors (Lipinski definition) is 4. The summed E-state index contributed by atoms with van der Waals surface area (Å²) in [7, 11) is -3.77.